The van der Waals surface area contributed by atoms with Crippen LogP contribution in [0.5, 0.6) is 0 Å². The van der Waals surface area contributed by atoms with Crippen molar-refractivity contribution < 1.29 is 9.21 Å². The summed E-state index contributed by atoms with van der Waals surface area (Å²) in [6.45, 7) is 2.64. The first-order valence-corrected chi connectivity index (χ1v) is 9.64. The van der Waals surface area contributed by atoms with E-state index in [1.54, 1.807) is 24.4 Å². The molecule has 148 valence electrons. The topological polar surface area (TPSA) is 70.7 Å². The normalized spacial score (nSPS) is 12.8. The van der Waals surface area contributed by atoms with Crippen molar-refractivity contribution in [1.82, 2.24) is 9.88 Å². The predicted molar refractivity (Wildman–Crippen MR) is 114 cm³/mol. The lowest BCUT2D eigenvalue weighted by Crippen LogP contribution is -2.12. The molecule has 0 spiro atoms. The van der Waals surface area contributed by atoms with Gasteiger partial charge in [-0.25, -0.2) is 9.98 Å². The zero-order valence-corrected chi connectivity index (χ0v) is 17.2. The molecule has 1 aromatic carbocycles. The minimum atomic E-state index is -0.308. The van der Waals surface area contributed by atoms with E-state index >= 15 is 0 Å². The highest BCUT2D eigenvalue weighted by Gasteiger charge is 2.20. The first-order valence-electron chi connectivity index (χ1n) is 9.27. The van der Waals surface area contributed by atoms with E-state index in [9.17, 15) is 4.79 Å². The summed E-state index contributed by atoms with van der Waals surface area (Å²) in [4.78, 5) is 23.5. The molecule has 0 saturated carbocycles. The quantitative estimate of drug-likeness (QED) is 0.668. The van der Waals surface area contributed by atoms with E-state index in [4.69, 9.17) is 16.0 Å². The lowest BCUT2D eigenvalue weighted by Gasteiger charge is -2.09. The van der Waals surface area contributed by atoms with Crippen molar-refractivity contribution in [2.24, 2.45) is 4.99 Å². The summed E-state index contributed by atoms with van der Waals surface area (Å²) in [5.74, 6) is 1.42. The Bertz CT molecular complexity index is 1120. The molecule has 6 nitrogen and oxygen atoms in total. The van der Waals surface area contributed by atoms with Crippen LogP contribution in [0.4, 0.5) is 11.5 Å². The number of halogens is 1. The van der Waals surface area contributed by atoms with Crippen LogP contribution in [-0.2, 0) is 13.0 Å². The average molecular weight is 409 g/mol. The van der Waals surface area contributed by atoms with Crippen LogP contribution >= 0.6 is 11.6 Å². The molecule has 0 saturated heterocycles. The maximum absolute atomic E-state index is 12.6. The third-order valence-corrected chi connectivity index (χ3v) is 4.90. The summed E-state index contributed by atoms with van der Waals surface area (Å²) in [6, 6.07) is 10.9. The molecular formula is C22H21ClN4O2. The number of aryl methyl sites for hydroxylation is 1. The van der Waals surface area contributed by atoms with Gasteiger partial charge in [-0.05, 0) is 56.9 Å². The van der Waals surface area contributed by atoms with Crippen LogP contribution in [-0.4, -0.2) is 35.6 Å². The summed E-state index contributed by atoms with van der Waals surface area (Å²) in [5.41, 5.74) is 4.43. The van der Waals surface area contributed by atoms with Crippen LogP contribution in [0.15, 0.2) is 52.0 Å². The SMILES string of the molecule is Cc1cnc2c(c1)CC(c1cc(NC(=O)c3ccc(CN(C)C)o3)ccc1Cl)=N2. The molecule has 0 aliphatic carbocycles. The van der Waals surface area contributed by atoms with E-state index in [1.165, 1.54) is 0 Å². The van der Waals surface area contributed by atoms with Gasteiger partial charge >= 0.3 is 0 Å². The molecule has 7 heteroatoms. The van der Waals surface area contributed by atoms with Crippen molar-refractivity contribution in [3.8, 4) is 0 Å². The summed E-state index contributed by atoms with van der Waals surface area (Å²) in [7, 11) is 3.89. The van der Waals surface area contributed by atoms with Gasteiger partial charge in [0.15, 0.2) is 11.6 Å². The number of hydrogen-bond donors (Lipinski definition) is 1. The monoisotopic (exact) mass is 408 g/mol. The molecule has 3 heterocycles. The van der Waals surface area contributed by atoms with Gasteiger partial charge in [0.05, 0.1) is 12.3 Å². The summed E-state index contributed by atoms with van der Waals surface area (Å²) in [6.07, 6.45) is 2.46. The van der Waals surface area contributed by atoms with Gasteiger partial charge in [-0.15, -0.1) is 0 Å². The molecule has 0 fully saturated rings. The van der Waals surface area contributed by atoms with Crippen molar-refractivity contribution in [3.05, 3.63) is 75.8 Å². The largest absolute Gasteiger partial charge is 0.455 e. The average Bonchev–Trinajstić information content (AvgIpc) is 3.29. The van der Waals surface area contributed by atoms with Crippen LogP contribution < -0.4 is 5.32 Å². The van der Waals surface area contributed by atoms with Gasteiger partial charge in [0.1, 0.15) is 5.76 Å². The van der Waals surface area contributed by atoms with Crippen molar-refractivity contribution in [1.29, 1.82) is 0 Å². The summed E-state index contributed by atoms with van der Waals surface area (Å²) < 4.78 is 5.62. The molecule has 3 aromatic rings. The van der Waals surface area contributed by atoms with Crippen LogP contribution in [0, 0.1) is 6.92 Å². The van der Waals surface area contributed by atoms with Crippen molar-refractivity contribution in [2.45, 2.75) is 19.9 Å². The lowest BCUT2D eigenvalue weighted by atomic mass is 10.0. The molecule has 4 rings (SSSR count). The molecule has 1 amide bonds. The highest BCUT2D eigenvalue weighted by molar-refractivity contribution is 6.34. The van der Waals surface area contributed by atoms with Crippen LogP contribution in [0.3, 0.4) is 0 Å². The fourth-order valence-corrected chi connectivity index (χ4v) is 3.50. The van der Waals surface area contributed by atoms with Gasteiger partial charge in [0, 0.05) is 34.5 Å². The Balaban J connectivity index is 1.53. The number of furan rings is 1. The first kappa shape index (κ1) is 19.4. The Hall–Kier alpha value is -2.96. The minimum absolute atomic E-state index is 0.267. The van der Waals surface area contributed by atoms with E-state index < -0.39 is 0 Å². The van der Waals surface area contributed by atoms with Gasteiger partial charge in [-0.2, -0.15) is 0 Å². The zero-order valence-electron chi connectivity index (χ0n) is 16.5. The Morgan fingerprint density at radius 1 is 1.24 bits per heavy atom. The number of amides is 1. The Morgan fingerprint density at radius 2 is 2.07 bits per heavy atom. The van der Waals surface area contributed by atoms with Gasteiger partial charge in [-0.1, -0.05) is 17.7 Å². The maximum atomic E-state index is 12.6. The number of anilines is 1. The van der Waals surface area contributed by atoms with Gasteiger partial charge < -0.3 is 14.6 Å². The van der Waals surface area contributed by atoms with Crippen LogP contribution in [0.25, 0.3) is 0 Å². The van der Waals surface area contributed by atoms with Gasteiger partial charge in [-0.3, -0.25) is 4.79 Å². The number of carbonyl (C=O) groups is 1. The van der Waals surface area contributed by atoms with Gasteiger partial charge in [0.25, 0.3) is 5.91 Å². The Kier molecular flexibility index (Phi) is 5.22. The second-order valence-electron chi connectivity index (χ2n) is 7.38. The third kappa shape index (κ3) is 4.23. The lowest BCUT2D eigenvalue weighted by molar-refractivity contribution is 0.0993. The number of fused-ring (bicyclic) bond motifs is 1. The molecule has 0 bridgehead atoms. The molecule has 0 atom stereocenters. The van der Waals surface area contributed by atoms with Crippen LogP contribution in [0.2, 0.25) is 5.02 Å². The number of aliphatic imine (C=N–C) groups is 1. The molecule has 29 heavy (non-hydrogen) atoms. The minimum Gasteiger partial charge on any atom is -0.455 e. The zero-order chi connectivity index (χ0) is 20.5. The van der Waals surface area contributed by atoms with E-state index in [-0.39, 0.29) is 11.7 Å². The Labute approximate surface area is 174 Å². The third-order valence-electron chi connectivity index (χ3n) is 4.57. The molecule has 1 N–H and O–H groups in total. The number of aromatic nitrogens is 1. The van der Waals surface area contributed by atoms with Crippen molar-refractivity contribution in [3.63, 3.8) is 0 Å². The standard InChI is InChI=1S/C22H21ClN4O2/c1-13-8-14-9-19(26-21(14)24-11-13)17-10-15(4-6-18(17)23)25-22(28)20-7-5-16(29-20)12-27(2)3/h4-8,10-11H,9,12H2,1-3H3,(H,25,28). The van der Waals surface area contributed by atoms with E-state index in [0.717, 1.165) is 34.0 Å². The Morgan fingerprint density at radius 3 is 2.86 bits per heavy atom. The highest BCUT2D eigenvalue weighted by atomic mass is 35.5. The molecular weight excluding hydrogens is 388 g/mol. The molecule has 0 unspecified atom stereocenters. The molecule has 0 radical (unpaired) electrons. The van der Waals surface area contributed by atoms with Gasteiger partial charge in [0.2, 0.25) is 0 Å². The van der Waals surface area contributed by atoms with Crippen molar-refractivity contribution in [2.75, 3.05) is 19.4 Å². The molecule has 1 aliphatic rings. The van der Waals surface area contributed by atoms with Crippen molar-refractivity contribution >= 4 is 34.7 Å². The number of benzene rings is 1. The number of rotatable bonds is 5. The number of nitrogens with zero attached hydrogens (tertiary/aromatic N) is 3. The second kappa shape index (κ2) is 7.81. The number of hydrogen-bond acceptors (Lipinski definition) is 5. The smallest absolute Gasteiger partial charge is 0.291 e. The van der Waals surface area contributed by atoms with E-state index in [2.05, 4.69) is 21.4 Å². The fraction of sp³-hybridized carbons (Fsp3) is 0.227. The van der Waals surface area contributed by atoms with E-state index in [0.29, 0.717) is 23.7 Å². The highest BCUT2D eigenvalue weighted by Crippen LogP contribution is 2.31. The second-order valence-corrected chi connectivity index (χ2v) is 7.79. The molecule has 1 aliphatic heterocycles. The number of pyridine rings is 1. The van der Waals surface area contributed by atoms with Crippen LogP contribution in [0.1, 0.15) is 33.0 Å². The summed E-state index contributed by atoms with van der Waals surface area (Å²) in [5, 5.41) is 3.45. The number of carbonyl (C=O) groups excluding carboxylic acids is 1. The number of nitrogens with one attached hydrogen (secondary N) is 1. The molecule has 2 aromatic heterocycles. The van der Waals surface area contributed by atoms with E-state index in [1.807, 2.05) is 38.1 Å². The fourth-order valence-electron chi connectivity index (χ4n) is 3.27. The maximum Gasteiger partial charge on any atom is 0.291 e. The predicted octanol–water partition coefficient (Wildman–Crippen LogP) is 4.63. The first-order chi connectivity index (χ1) is 13.9. The summed E-state index contributed by atoms with van der Waals surface area (Å²) >= 11 is 6.42.